The molecule has 1 unspecified atom stereocenters. The zero-order chi connectivity index (χ0) is 9.47. The van der Waals surface area contributed by atoms with Gasteiger partial charge in [-0.1, -0.05) is 5.21 Å². The number of aromatic nitrogens is 3. The standard InChI is InChI=1S/C9H15N3O/c1-3-12-8(6-10-11-12)9(2,13)7-4-5-7/h6-7,13H,3-5H2,1-2H3. The Balaban J connectivity index is 2.32. The fourth-order valence-corrected chi connectivity index (χ4v) is 1.74. The number of hydrogen-bond acceptors (Lipinski definition) is 3. The summed E-state index contributed by atoms with van der Waals surface area (Å²) in [5.41, 5.74) is 0.108. The van der Waals surface area contributed by atoms with Crippen LogP contribution < -0.4 is 0 Å². The Kier molecular flexibility index (Phi) is 1.87. The smallest absolute Gasteiger partial charge is 0.108 e. The summed E-state index contributed by atoms with van der Waals surface area (Å²) in [4.78, 5) is 0. The summed E-state index contributed by atoms with van der Waals surface area (Å²) >= 11 is 0. The van der Waals surface area contributed by atoms with E-state index in [1.807, 2.05) is 13.8 Å². The van der Waals surface area contributed by atoms with E-state index in [1.54, 1.807) is 10.9 Å². The van der Waals surface area contributed by atoms with Gasteiger partial charge in [0.25, 0.3) is 0 Å². The zero-order valence-electron chi connectivity index (χ0n) is 8.06. The van der Waals surface area contributed by atoms with E-state index in [1.165, 1.54) is 0 Å². The van der Waals surface area contributed by atoms with Gasteiger partial charge in [-0.2, -0.15) is 0 Å². The molecule has 1 aromatic rings. The van der Waals surface area contributed by atoms with Gasteiger partial charge in [-0.25, -0.2) is 4.68 Å². The summed E-state index contributed by atoms with van der Waals surface area (Å²) in [7, 11) is 0. The lowest BCUT2D eigenvalue weighted by Gasteiger charge is -2.22. The van der Waals surface area contributed by atoms with E-state index < -0.39 is 5.60 Å². The van der Waals surface area contributed by atoms with E-state index in [0.29, 0.717) is 5.92 Å². The lowest BCUT2D eigenvalue weighted by atomic mass is 9.97. The molecule has 1 heterocycles. The molecule has 72 valence electrons. The molecular weight excluding hydrogens is 166 g/mol. The van der Waals surface area contributed by atoms with Crippen LogP contribution in [0.5, 0.6) is 0 Å². The van der Waals surface area contributed by atoms with Crippen molar-refractivity contribution in [2.24, 2.45) is 5.92 Å². The molecule has 0 bridgehead atoms. The molecular formula is C9H15N3O. The summed E-state index contributed by atoms with van der Waals surface area (Å²) < 4.78 is 1.76. The maximum Gasteiger partial charge on any atom is 0.108 e. The minimum Gasteiger partial charge on any atom is -0.384 e. The molecule has 0 radical (unpaired) electrons. The molecule has 4 heteroatoms. The summed E-state index contributed by atoms with van der Waals surface area (Å²) in [6.07, 6.45) is 3.89. The first-order chi connectivity index (χ1) is 6.16. The molecule has 0 aliphatic heterocycles. The fraction of sp³-hybridized carbons (Fsp3) is 0.778. The van der Waals surface area contributed by atoms with Crippen LogP contribution in [0.4, 0.5) is 0 Å². The number of aliphatic hydroxyl groups is 1. The second-order valence-corrected chi connectivity index (χ2v) is 3.86. The number of nitrogens with zero attached hydrogens (tertiary/aromatic N) is 3. The molecule has 1 aliphatic carbocycles. The van der Waals surface area contributed by atoms with Gasteiger partial charge in [-0.05, 0) is 32.6 Å². The Morgan fingerprint density at radius 1 is 1.69 bits per heavy atom. The van der Waals surface area contributed by atoms with E-state index in [2.05, 4.69) is 10.3 Å². The molecule has 0 spiro atoms. The van der Waals surface area contributed by atoms with Gasteiger partial charge in [0.05, 0.1) is 11.9 Å². The highest BCUT2D eigenvalue weighted by Crippen LogP contribution is 2.44. The molecule has 0 amide bonds. The maximum atomic E-state index is 10.2. The Morgan fingerprint density at radius 2 is 2.38 bits per heavy atom. The van der Waals surface area contributed by atoms with Crippen molar-refractivity contribution in [2.75, 3.05) is 0 Å². The van der Waals surface area contributed by atoms with E-state index in [4.69, 9.17) is 0 Å². The third-order valence-electron chi connectivity index (χ3n) is 2.81. The predicted molar refractivity (Wildman–Crippen MR) is 48.0 cm³/mol. The predicted octanol–water partition coefficient (Wildman–Crippen LogP) is 0.915. The van der Waals surface area contributed by atoms with Crippen LogP contribution in [0.15, 0.2) is 6.20 Å². The summed E-state index contributed by atoms with van der Waals surface area (Å²) in [6, 6.07) is 0. The monoisotopic (exact) mass is 181 g/mol. The lowest BCUT2D eigenvalue weighted by Crippen LogP contribution is -2.27. The van der Waals surface area contributed by atoms with Gasteiger partial charge in [0.15, 0.2) is 0 Å². The van der Waals surface area contributed by atoms with Gasteiger partial charge in [-0.3, -0.25) is 0 Å². The topological polar surface area (TPSA) is 50.9 Å². The van der Waals surface area contributed by atoms with Crippen LogP contribution in [-0.4, -0.2) is 20.1 Å². The minimum absolute atomic E-state index is 0.399. The quantitative estimate of drug-likeness (QED) is 0.754. The molecule has 4 nitrogen and oxygen atoms in total. The van der Waals surface area contributed by atoms with Crippen LogP contribution in [0.25, 0.3) is 0 Å². The number of rotatable bonds is 3. The van der Waals surface area contributed by atoms with Crippen LogP contribution in [0.2, 0.25) is 0 Å². The molecule has 1 saturated carbocycles. The Bertz CT molecular complexity index is 302. The van der Waals surface area contributed by atoms with Crippen LogP contribution in [0, 0.1) is 5.92 Å². The summed E-state index contributed by atoms with van der Waals surface area (Å²) in [6.45, 7) is 4.62. The van der Waals surface area contributed by atoms with E-state index in [0.717, 1.165) is 25.1 Å². The van der Waals surface area contributed by atoms with Gasteiger partial charge in [0, 0.05) is 6.54 Å². The molecule has 13 heavy (non-hydrogen) atoms. The van der Waals surface area contributed by atoms with Gasteiger partial charge >= 0.3 is 0 Å². The van der Waals surface area contributed by atoms with E-state index in [-0.39, 0.29) is 0 Å². The number of aryl methyl sites for hydroxylation is 1. The van der Waals surface area contributed by atoms with E-state index in [9.17, 15) is 5.11 Å². The number of hydrogen-bond donors (Lipinski definition) is 1. The first-order valence-corrected chi connectivity index (χ1v) is 4.77. The third kappa shape index (κ3) is 1.35. The molecule has 0 saturated heterocycles. The van der Waals surface area contributed by atoms with Crippen molar-refractivity contribution in [3.8, 4) is 0 Å². The van der Waals surface area contributed by atoms with Gasteiger partial charge in [-0.15, -0.1) is 5.10 Å². The average Bonchev–Trinajstić information content (AvgIpc) is 2.84. The first-order valence-electron chi connectivity index (χ1n) is 4.77. The van der Waals surface area contributed by atoms with Crippen LogP contribution in [0.3, 0.4) is 0 Å². The Labute approximate surface area is 77.6 Å². The third-order valence-corrected chi connectivity index (χ3v) is 2.81. The van der Waals surface area contributed by atoms with Crippen molar-refractivity contribution in [3.63, 3.8) is 0 Å². The molecule has 1 atom stereocenters. The van der Waals surface area contributed by atoms with Crippen LogP contribution in [-0.2, 0) is 12.1 Å². The molecule has 1 N–H and O–H groups in total. The van der Waals surface area contributed by atoms with Gasteiger partial charge in [0.1, 0.15) is 5.60 Å². The SMILES string of the molecule is CCn1nncc1C(C)(O)C1CC1. The normalized spacial score (nSPS) is 21.5. The average molecular weight is 181 g/mol. The molecule has 0 aromatic carbocycles. The van der Waals surface area contributed by atoms with Crippen molar-refractivity contribution in [1.82, 2.24) is 15.0 Å². The largest absolute Gasteiger partial charge is 0.384 e. The first kappa shape index (κ1) is 8.69. The minimum atomic E-state index is -0.737. The van der Waals surface area contributed by atoms with Crippen molar-refractivity contribution in [2.45, 2.75) is 38.8 Å². The highest BCUT2D eigenvalue weighted by atomic mass is 16.3. The van der Waals surface area contributed by atoms with Gasteiger partial charge < -0.3 is 5.11 Å². The van der Waals surface area contributed by atoms with Gasteiger partial charge in [0.2, 0.25) is 0 Å². The second kappa shape index (κ2) is 2.80. The fourth-order valence-electron chi connectivity index (χ4n) is 1.74. The lowest BCUT2D eigenvalue weighted by molar-refractivity contribution is 0.0240. The van der Waals surface area contributed by atoms with Crippen molar-refractivity contribution in [1.29, 1.82) is 0 Å². The molecule has 2 rings (SSSR count). The highest BCUT2D eigenvalue weighted by molar-refractivity contribution is 5.11. The van der Waals surface area contributed by atoms with Crippen LogP contribution in [0.1, 0.15) is 32.4 Å². The molecule has 1 aromatic heterocycles. The van der Waals surface area contributed by atoms with Crippen LogP contribution >= 0.6 is 0 Å². The van der Waals surface area contributed by atoms with Crippen molar-refractivity contribution in [3.05, 3.63) is 11.9 Å². The molecule has 1 fully saturated rings. The summed E-state index contributed by atoms with van der Waals surface area (Å²) in [5, 5.41) is 18.0. The molecule has 1 aliphatic rings. The highest BCUT2D eigenvalue weighted by Gasteiger charge is 2.43. The van der Waals surface area contributed by atoms with Crippen molar-refractivity contribution < 1.29 is 5.11 Å². The van der Waals surface area contributed by atoms with Crippen molar-refractivity contribution >= 4 is 0 Å². The Morgan fingerprint density at radius 3 is 2.92 bits per heavy atom. The summed E-state index contributed by atoms with van der Waals surface area (Å²) in [5.74, 6) is 0.399. The Hall–Kier alpha value is -0.900. The second-order valence-electron chi connectivity index (χ2n) is 3.86. The maximum absolute atomic E-state index is 10.2. The van der Waals surface area contributed by atoms with E-state index >= 15 is 0 Å². The zero-order valence-corrected chi connectivity index (χ0v) is 8.06.